The van der Waals surface area contributed by atoms with Crippen molar-refractivity contribution >= 4 is 17.9 Å². The number of carboxylic acids is 3. The second-order valence-corrected chi connectivity index (χ2v) is 9.95. The number of unbranched alkanes of at least 4 members (excludes halogenated alkanes) is 12. The van der Waals surface area contributed by atoms with Gasteiger partial charge >= 0.3 is 11.9 Å². The van der Waals surface area contributed by atoms with E-state index in [0.29, 0.717) is 19.3 Å². The van der Waals surface area contributed by atoms with E-state index < -0.39 is 17.9 Å². The van der Waals surface area contributed by atoms with Gasteiger partial charge in [0.2, 0.25) is 0 Å². The van der Waals surface area contributed by atoms with Crippen molar-refractivity contribution in [1.29, 1.82) is 0 Å². The van der Waals surface area contributed by atoms with Crippen molar-refractivity contribution in [2.24, 2.45) is 0 Å². The van der Waals surface area contributed by atoms with Gasteiger partial charge in [0, 0.05) is 18.8 Å². The molecule has 0 aliphatic carbocycles. The van der Waals surface area contributed by atoms with Gasteiger partial charge in [-0.25, -0.2) is 0 Å². The third-order valence-electron chi connectivity index (χ3n) is 6.80. The molecule has 0 amide bonds. The molecule has 0 spiro atoms. The molecule has 7 heteroatoms. The van der Waals surface area contributed by atoms with E-state index in [1.165, 1.54) is 57.8 Å². The predicted molar refractivity (Wildman–Crippen MR) is 133 cm³/mol. The highest BCUT2D eigenvalue weighted by Gasteiger charge is 2.26. The van der Waals surface area contributed by atoms with Crippen molar-refractivity contribution in [2.45, 2.75) is 129 Å². The number of quaternary nitrogens is 1. The van der Waals surface area contributed by atoms with Crippen molar-refractivity contribution in [2.75, 3.05) is 26.2 Å². The van der Waals surface area contributed by atoms with Crippen molar-refractivity contribution in [3.05, 3.63) is 0 Å². The Kier molecular flexibility index (Phi) is 20.8. The number of hydrogen-bond acceptors (Lipinski definition) is 4. The summed E-state index contributed by atoms with van der Waals surface area (Å²) in [6.07, 6.45) is 17.4. The molecule has 0 rings (SSSR count). The predicted octanol–water partition coefficient (Wildman–Crippen LogP) is 5.15. The Bertz CT molecular complexity index is 482. The van der Waals surface area contributed by atoms with Gasteiger partial charge in [-0.2, -0.15) is 0 Å². The molecule has 200 valence electrons. The number of carbonyl (C=O) groups is 3. The van der Waals surface area contributed by atoms with E-state index in [4.69, 9.17) is 10.2 Å². The molecular formula is C27H51NO6. The molecule has 34 heavy (non-hydrogen) atoms. The first-order valence-electron chi connectivity index (χ1n) is 13.8. The van der Waals surface area contributed by atoms with Crippen LogP contribution in [0.4, 0.5) is 0 Å². The number of rotatable bonds is 26. The zero-order chi connectivity index (χ0) is 25.5. The lowest BCUT2D eigenvalue weighted by molar-refractivity contribution is -0.929. The second kappa shape index (κ2) is 21.9. The van der Waals surface area contributed by atoms with E-state index in [1.807, 2.05) is 0 Å². The first-order valence-corrected chi connectivity index (χ1v) is 13.8. The van der Waals surface area contributed by atoms with Crippen LogP contribution in [0.15, 0.2) is 0 Å². The number of nitrogens with zero attached hydrogens (tertiary/aromatic N) is 1. The molecule has 2 N–H and O–H groups in total. The molecule has 0 bridgehead atoms. The molecule has 0 fully saturated rings. The van der Waals surface area contributed by atoms with Crippen LogP contribution in [-0.2, 0) is 14.4 Å². The highest BCUT2D eigenvalue weighted by molar-refractivity contribution is 5.66. The maximum atomic E-state index is 10.9. The standard InChI is InChI=1S/C27H51NO6/c1-2-3-4-5-6-7-8-9-10-14-21-28(22-15-11-18-25(29)30,23-16-12-19-26(31)32)24-17-13-20-27(33)34/h2-24H2,1H3,(H2-,29,30,31,32,33,34). The largest absolute Gasteiger partial charge is 0.550 e. The van der Waals surface area contributed by atoms with Crippen LogP contribution in [0.2, 0.25) is 0 Å². The third-order valence-corrected chi connectivity index (χ3v) is 6.80. The molecule has 0 saturated heterocycles. The summed E-state index contributed by atoms with van der Waals surface area (Å²) in [6, 6.07) is 0. The Morgan fingerprint density at radius 3 is 1.21 bits per heavy atom. The Hall–Kier alpha value is -1.63. The first-order chi connectivity index (χ1) is 16.3. The average molecular weight is 486 g/mol. The third kappa shape index (κ3) is 20.9. The van der Waals surface area contributed by atoms with E-state index in [1.54, 1.807) is 0 Å². The summed E-state index contributed by atoms with van der Waals surface area (Å²) in [7, 11) is 0. The molecule has 0 aromatic heterocycles. The van der Waals surface area contributed by atoms with Gasteiger partial charge in [0.05, 0.1) is 26.2 Å². The van der Waals surface area contributed by atoms with Crippen LogP contribution in [0.3, 0.4) is 0 Å². The number of carbonyl (C=O) groups excluding carboxylic acids is 1. The molecule has 0 aromatic carbocycles. The number of aliphatic carboxylic acids is 3. The summed E-state index contributed by atoms with van der Waals surface area (Å²) in [5, 5.41) is 28.8. The van der Waals surface area contributed by atoms with E-state index in [-0.39, 0.29) is 19.3 Å². The topological polar surface area (TPSA) is 115 Å². The van der Waals surface area contributed by atoms with E-state index in [2.05, 4.69) is 6.92 Å². The summed E-state index contributed by atoms with van der Waals surface area (Å²) in [6.45, 7) is 5.86. The Balaban J connectivity index is 4.72. The minimum Gasteiger partial charge on any atom is -0.550 e. The van der Waals surface area contributed by atoms with Gasteiger partial charge in [-0.3, -0.25) is 9.59 Å². The van der Waals surface area contributed by atoms with Crippen LogP contribution in [0.25, 0.3) is 0 Å². The summed E-state index contributed by atoms with van der Waals surface area (Å²) < 4.78 is 0.850. The van der Waals surface area contributed by atoms with Crippen LogP contribution in [-0.4, -0.2) is 58.8 Å². The molecule has 7 nitrogen and oxygen atoms in total. The van der Waals surface area contributed by atoms with Crippen LogP contribution in [0.5, 0.6) is 0 Å². The molecule has 0 radical (unpaired) electrons. The van der Waals surface area contributed by atoms with Crippen molar-refractivity contribution < 1.29 is 34.2 Å². The van der Waals surface area contributed by atoms with Gasteiger partial charge in [-0.1, -0.05) is 58.3 Å². The van der Waals surface area contributed by atoms with Crippen molar-refractivity contribution in [1.82, 2.24) is 0 Å². The highest BCUT2D eigenvalue weighted by Crippen LogP contribution is 2.19. The maximum Gasteiger partial charge on any atom is 0.303 e. The lowest BCUT2D eigenvalue weighted by Crippen LogP contribution is -2.51. The summed E-state index contributed by atoms with van der Waals surface area (Å²) in [5.41, 5.74) is 0. The maximum absolute atomic E-state index is 10.9. The molecule has 0 atom stereocenters. The second-order valence-electron chi connectivity index (χ2n) is 9.95. The summed E-state index contributed by atoms with van der Waals surface area (Å²) >= 11 is 0. The number of hydrogen-bond donors (Lipinski definition) is 2. The van der Waals surface area contributed by atoms with Gasteiger partial charge in [0.25, 0.3) is 0 Å². The minimum absolute atomic E-state index is 0.0658. The fourth-order valence-electron chi connectivity index (χ4n) is 4.77. The molecule has 0 heterocycles. The van der Waals surface area contributed by atoms with E-state index >= 15 is 0 Å². The van der Waals surface area contributed by atoms with Gasteiger partial charge in [-0.15, -0.1) is 0 Å². The van der Waals surface area contributed by atoms with Gasteiger partial charge in [0.15, 0.2) is 0 Å². The Morgan fingerprint density at radius 1 is 0.529 bits per heavy atom. The minimum atomic E-state index is -1.02. The van der Waals surface area contributed by atoms with Crippen LogP contribution in [0, 0.1) is 0 Å². The van der Waals surface area contributed by atoms with E-state index in [0.717, 1.165) is 56.3 Å². The van der Waals surface area contributed by atoms with Crippen LogP contribution < -0.4 is 5.11 Å². The van der Waals surface area contributed by atoms with Gasteiger partial charge in [-0.05, 0) is 57.8 Å². The molecule has 0 unspecified atom stereocenters. The zero-order valence-corrected chi connectivity index (χ0v) is 21.7. The molecular weight excluding hydrogens is 434 g/mol. The summed E-state index contributed by atoms with van der Waals surface area (Å²) in [4.78, 5) is 32.7. The summed E-state index contributed by atoms with van der Waals surface area (Å²) in [5.74, 6) is -2.57. The zero-order valence-electron chi connectivity index (χ0n) is 21.7. The highest BCUT2D eigenvalue weighted by atomic mass is 16.4. The van der Waals surface area contributed by atoms with Gasteiger partial charge < -0.3 is 24.6 Å². The fraction of sp³-hybridized carbons (Fsp3) is 0.889. The number of carboxylic acid groups (broad SMARTS) is 3. The molecule has 0 aromatic rings. The monoisotopic (exact) mass is 485 g/mol. The normalized spacial score (nSPS) is 11.6. The average Bonchev–Trinajstić information content (AvgIpc) is 2.78. The lowest BCUT2D eigenvalue weighted by atomic mass is 10.0. The molecule has 0 aliphatic rings. The Morgan fingerprint density at radius 2 is 0.853 bits per heavy atom. The molecule has 0 saturated carbocycles. The van der Waals surface area contributed by atoms with Crippen LogP contribution in [0.1, 0.15) is 129 Å². The smallest absolute Gasteiger partial charge is 0.303 e. The van der Waals surface area contributed by atoms with Crippen molar-refractivity contribution in [3.8, 4) is 0 Å². The first kappa shape index (κ1) is 32.4. The Labute approximate surface area is 207 Å². The van der Waals surface area contributed by atoms with Crippen LogP contribution >= 0.6 is 0 Å². The van der Waals surface area contributed by atoms with Crippen molar-refractivity contribution in [3.63, 3.8) is 0 Å². The SMILES string of the molecule is CCCCCCCCCCCC[N+](CCCCC(=O)[O-])(CCCCC(=O)O)CCCCC(=O)O. The lowest BCUT2D eigenvalue weighted by Gasteiger charge is -2.39. The molecule has 0 aliphatic heterocycles. The van der Waals surface area contributed by atoms with Gasteiger partial charge in [0.1, 0.15) is 0 Å². The van der Waals surface area contributed by atoms with E-state index in [9.17, 15) is 19.5 Å². The quantitative estimate of drug-likeness (QED) is 0.129. The fourth-order valence-corrected chi connectivity index (χ4v) is 4.77.